The van der Waals surface area contributed by atoms with E-state index in [-0.39, 0.29) is 35.7 Å². The molecule has 10 heteroatoms. The van der Waals surface area contributed by atoms with Crippen LogP contribution in [0.4, 0.5) is 0 Å². The summed E-state index contributed by atoms with van der Waals surface area (Å²) in [7, 11) is -3.68. The van der Waals surface area contributed by atoms with Crippen LogP contribution in [0.15, 0.2) is 46.4 Å². The van der Waals surface area contributed by atoms with E-state index in [9.17, 15) is 13.2 Å². The van der Waals surface area contributed by atoms with Gasteiger partial charge in [-0.3, -0.25) is 10.0 Å². The molecule has 0 radical (unpaired) electrons. The first-order chi connectivity index (χ1) is 14.3. The highest BCUT2D eigenvalue weighted by Crippen LogP contribution is 2.31. The molecule has 0 saturated carbocycles. The largest absolute Gasteiger partial charge is 0.392 e. The van der Waals surface area contributed by atoms with Crippen LogP contribution in [0.1, 0.15) is 47.1 Å². The van der Waals surface area contributed by atoms with Crippen LogP contribution in [0.25, 0.3) is 0 Å². The van der Waals surface area contributed by atoms with Crippen molar-refractivity contribution in [2.45, 2.75) is 43.7 Å². The van der Waals surface area contributed by atoms with E-state index in [1.54, 1.807) is 35.8 Å². The minimum Gasteiger partial charge on any atom is -0.392 e. The van der Waals surface area contributed by atoms with Crippen LogP contribution in [0.5, 0.6) is 0 Å². The molecule has 2 atom stereocenters. The van der Waals surface area contributed by atoms with Gasteiger partial charge in [0.25, 0.3) is 5.91 Å². The Morgan fingerprint density at radius 3 is 2.60 bits per heavy atom. The van der Waals surface area contributed by atoms with Crippen molar-refractivity contribution in [1.82, 2.24) is 14.8 Å². The van der Waals surface area contributed by atoms with E-state index in [0.29, 0.717) is 12.1 Å². The van der Waals surface area contributed by atoms with E-state index in [1.807, 2.05) is 13.8 Å². The summed E-state index contributed by atoms with van der Waals surface area (Å²) in [5, 5.41) is 12.8. The van der Waals surface area contributed by atoms with E-state index >= 15 is 0 Å². The third-order valence-corrected chi connectivity index (χ3v) is 7.37. The molecule has 2 aliphatic heterocycles. The number of sulfonamides is 1. The standard InChI is InChI=1S/C20H22N4O5S/c1-12-19(13(2)29-23-12)14-3-6-16(7-4-14)30(27,28)24-10-9-17-15(11-24)5-8-18(21-17)20(25)22-26/h3-8,13,19,26H,9-11H2,1-2H3,(H,22,25). The van der Waals surface area contributed by atoms with E-state index < -0.39 is 15.9 Å². The fourth-order valence-electron chi connectivity index (χ4n) is 3.91. The highest BCUT2D eigenvalue weighted by Gasteiger charge is 2.32. The summed E-state index contributed by atoms with van der Waals surface area (Å²) in [5.74, 6) is -0.685. The Hall–Kier alpha value is -2.82. The minimum absolute atomic E-state index is 0.0139. The zero-order valence-corrected chi connectivity index (χ0v) is 17.4. The Bertz CT molecular complexity index is 1110. The van der Waals surface area contributed by atoms with Gasteiger partial charge in [0, 0.05) is 25.2 Å². The maximum atomic E-state index is 13.1. The molecule has 1 aromatic heterocycles. The second-order valence-corrected chi connectivity index (χ2v) is 9.36. The van der Waals surface area contributed by atoms with E-state index in [4.69, 9.17) is 10.0 Å². The van der Waals surface area contributed by atoms with Crippen molar-refractivity contribution >= 4 is 21.6 Å². The third-order valence-electron chi connectivity index (χ3n) is 5.51. The first-order valence-electron chi connectivity index (χ1n) is 9.55. The van der Waals surface area contributed by atoms with E-state index in [2.05, 4.69) is 10.1 Å². The molecule has 0 bridgehead atoms. The van der Waals surface area contributed by atoms with Crippen molar-refractivity contribution in [3.05, 3.63) is 58.9 Å². The molecular formula is C20H22N4O5S. The van der Waals surface area contributed by atoms with Crippen LogP contribution >= 0.6 is 0 Å². The predicted molar refractivity (Wildman–Crippen MR) is 108 cm³/mol. The second-order valence-electron chi connectivity index (χ2n) is 7.42. The molecule has 2 unspecified atom stereocenters. The lowest BCUT2D eigenvalue weighted by Crippen LogP contribution is -2.36. The summed E-state index contributed by atoms with van der Waals surface area (Å²) in [6, 6.07) is 9.98. The number of benzene rings is 1. The first kappa shape index (κ1) is 20.5. The van der Waals surface area contributed by atoms with Crippen molar-refractivity contribution in [1.29, 1.82) is 0 Å². The number of nitrogens with zero attached hydrogens (tertiary/aromatic N) is 3. The van der Waals surface area contributed by atoms with Crippen molar-refractivity contribution in [3.8, 4) is 0 Å². The lowest BCUT2D eigenvalue weighted by molar-refractivity contribution is 0.0700. The number of fused-ring (bicyclic) bond motifs is 1. The van der Waals surface area contributed by atoms with Gasteiger partial charge in [0.05, 0.1) is 16.5 Å². The Labute approximate surface area is 174 Å². The van der Waals surface area contributed by atoms with Crippen LogP contribution in [-0.2, 0) is 27.8 Å². The Kier molecular flexibility index (Phi) is 5.31. The molecule has 2 N–H and O–H groups in total. The summed E-state index contributed by atoms with van der Waals surface area (Å²) in [6.07, 6.45) is 0.294. The maximum Gasteiger partial charge on any atom is 0.293 e. The van der Waals surface area contributed by atoms with Gasteiger partial charge in [0.2, 0.25) is 10.0 Å². The number of oxime groups is 1. The summed E-state index contributed by atoms with van der Waals surface area (Å²) in [4.78, 5) is 21.3. The molecule has 0 spiro atoms. The number of hydrogen-bond acceptors (Lipinski definition) is 7. The maximum absolute atomic E-state index is 13.1. The van der Waals surface area contributed by atoms with Gasteiger partial charge in [-0.05, 0) is 43.2 Å². The molecule has 2 aromatic rings. The van der Waals surface area contributed by atoms with Crippen molar-refractivity contribution < 1.29 is 23.3 Å². The lowest BCUT2D eigenvalue weighted by Gasteiger charge is -2.28. The zero-order chi connectivity index (χ0) is 21.5. The normalized spacial score (nSPS) is 21.5. The van der Waals surface area contributed by atoms with E-state index in [0.717, 1.165) is 16.8 Å². The van der Waals surface area contributed by atoms with Crippen LogP contribution < -0.4 is 5.48 Å². The highest BCUT2D eigenvalue weighted by molar-refractivity contribution is 7.89. The quantitative estimate of drug-likeness (QED) is 0.564. The van der Waals surface area contributed by atoms with Crippen molar-refractivity contribution in [2.75, 3.05) is 6.54 Å². The smallest absolute Gasteiger partial charge is 0.293 e. The van der Waals surface area contributed by atoms with Crippen molar-refractivity contribution in [2.24, 2.45) is 5.16 Å². The molecule has 0 aliphatic carbocycles. The van der Waals surface area contributed by atoms with Gasteiger partial charge in [-0.25, -0.2) is 18.9 Å². The molecule has 0 saturated heterocycles. The topological polar surface area (TPSA) is 121 Å². The number of carbonyl (C=O) groups excluding carboxylic acids is 1. The Balaban J connectivity index is 1.54. The molecule has 3 heterocycles. The molecular weight excluding hydrogens is 408 g/mol. The van der Waals surface area contributed by atoms with Crippen LogP contribution in [-0.4, -0.2) is 47.2 Å². The monoisotopic (exact) mass is 430 g/mol. The van der Waals surface area contributed by atoms with Crippen LogP contribution in [0, 0.1) is 0 Å². The van der Waals surface area contributed by atoms with Gasteiger partial charge in [-0.15, -0.1) is 0 Å². The van der Waals surface area contributed by atoms with Crippen LogP contribution in [0.2, 0.25) is 0 Å². The summed E-state index contributed by atoms with van der Waals surface area (Å²) in [5.41, 5.74) is 4.86. The second kappa shape index (κ2) is 7.78. The van der Waals surface area contributed by atoms with Gasteiger partial charge >= 0.3 is 0 Å². The van der Waals surface area contributed by atoms with Gasteiger partial charge < -0.3 is 4.84 Å². The Morgan fingerprint density at radius 1 is 1.23 bits per heavy atom. The first-order valence-corrected chi connectivity index (χ1v) is 11.0. The number of hydrogen-bond donors (Lipinski definition) is 2. The predicted octanol–water partition coefficient (Wildman–Crippen LogP) is 1.83. The molecule has 9 nitrogen and oxygen atoms in total. The van der Waals surface area contributed by atoms with Gasteiger partial charge in [-0.2, -0.15) is 4.31 Å². The number of carbonyl (C=O) groups is 1. The molecule has 30 heavy (non-hydrogen) atoms. The number of rotatable bonds is 4. The van der Waals surface area contributed by atoms with E-state index in [1.165, 1.54) is 10.4 Å². The summed E-state index contributed by atoms with van der Waals surface area (Å²) < 4.78 is 27.7. The molecule has 1 amide bonds. The highest BCUT2D eigenvalue weighted by atomic mass is 32.2. The Morgan fingerprint density at radius 2 is 1.97 bits per heavy atom. The summed E-state index contributed by atoms with van der Waals surface area (Å²) in [6.45, 7) is 4.26. The average Bonchev–Trinajstić information content (AvgIpc) is 3.10. The number of nitrogens with one attached hydrogen (secondary N) is 1. The molecule has 2 aliphatic rings. The fourth-order valence-corrected chi connectivity index (χ4v) is 5.33. The minimum atomic E-state index is -3.68. The van der Waals surface area contributed by atoms with Gasteiger partial charge in [-0.1, -0.05) is 23.4 Å². The van der Waals surface area contributed by atoms with Gasteiger partial charge in [0.15, 0.2) is 0 Å². The van der Waals surface area contributed by atoms with Crippen molar-refractivity contribution in [3.63, 3.8) is 0 Å². The number of hydroxylamine groups is 1. The van der Waals surface area contributed by atoms with Gasteiger partial charge in [0.1, 0.15) is 11.8 Å². The zero-order valence-electron chi connectivity index (χ0n) is 16.6. The summed E-state index contributed by atoms with van der Waals surface area (Å²) >= 11 is 0. The lowest BCUT2D eigenvalue weighted by atomic mass is 9.91. The average molecular weight is 430 g/mol. The number of amides is 1. The molecule has 4 rings (SSSR count). The SMILES string of the molecule is CC1=NOC(C)C1c1ccc(S(=O)(=O)N2CCc3nc(C(=O)NO)ccc3C2)cc1. The fraction of sp³-hybridized carbons (Fsp3) is 0.350. The number of pyridine rings is 1. The molecule has 0 fully saturated rings. The molecule has 158 valence electrons. The molecule has 1 aromatic carbocycles. The van der Waals surface area contributed by atoms with Crippen LogP contribution in [0.3, 0.4) is 0 Å². The third kappa shape index (κ3) is 3.57. The number of aromatic nitrogens is 1.